The van der Waals surface area contributed by atoms with E-state index >= 15 is 0 Å². The fourth-order valence-corrected chi connectivity index (χ4v) is 7.74. The van der Waals surface area contributed by atoms with Gasteiger partial charge < -0.3 is 18.5 Å². The van der Waals surface area contributed by atoms with Gasteiger partial charge in [0.2, 0.25) is 0 Å². The van der Waals surface area contributed by atoms with Crippen molar-refractivity contribution in [2.24, 2.45) is 0 Å². The SMILES string of the molecule is CC(C)N(C(C)C)P1Oc2cccc3c2C2(c4ccccc4O3)c3ccccc3Oc3cccc(c32)O1. The molecule has 1 spiro atoms. The van der Waals surface area contributed by atoms with Crippen molar-refractivity contribution in [2.45, 2.75) is 45.2 Å². The normalized spacial score (nSPS) is 16.2. The predicted octanol–water partition coefficient (Wildman–Crippen LogP) is 8.40. The standard InChI is InChI=1S/C31H28NO4P/c1-19(2)32(20(3)4)37-35-27-17-9-15-25-29(27)31(21-11-5-7-13-23(21)33-25)22-12-6-8-14-24(22)34-26-16-10-18-28(36-37)30(26)31/h5-20H,1-4H3. The molecule has 4 aromatic carbocycles. The van der Waals surface area contributed by atoms with Crippen LogP contribution >= 0.6 is 8.53 Å². The molecule has 0 saturated carbocycles. The quantitative estimate of drug-likeness (QED) is 0.224. The summed E-state index contributed by atoms with van der Waals surface area (Å²) in [5.74, 6) is 4.73. The highest BCUT2D eigenvalue weighted by Crippen LogP contribution is 2.67. The lowest BCUT2D eigenvalue weighted by Crippen LogP contribution is -2.40. The summed E-state index contributed by atoms with van der Waals surface area (Å²) in [6, 6.07) is 29.1. The van der Waals surface area contributed by atoms with Crippen LogP contribution < -0.4 is 18.5 Å². The van der Waals surface area contributed by atoms with E-state index in [0.29, 0.717) is 0 Å². The van der Waals surface area contributed by atoms with Crippen molar-refractivity contribution >= 4 is 8.53 Å². The third-order valence-electron chi connectivity index (χ3n) is 7.35. The molecule has 0 bridgehead atoms. The van der Waals surface area contributed by atoms with Gasteiger partial charge in [-0.05, 0) is 64.1 Å². The molecule has 4 aromatic rings. The fourth-order valence-electron chi connectivity index (χ4n) is 6.11. The molecular formula is C31H28NO4P. The van der Waals surface area contributed by atoms with Gasteiger partial charge >= 0.3 is 8.53 Å². The first-order chi connectivity index (χ1) is 18.0. The lowest BCUT2D eigenvalue weighted by Gasteiger charge is -2.47. The van der Waals surface area contributed by atoms with Gasteiger partial charge in [0.25, 0.3) is 0 Å². The van der Waals surface area contributed by atoms with Crippen molar-refractivity contribution < 1.29 is 18.5 Å². The van der Waals surface area contributed by atoms with Crippen LogP contribution in [0.25, 0.3) is 0 Å². The van der Waals surface area contributed by atoms with E-state index in [2.05, 4.69) is 56.6 Å². The topological polar surface area (TPSA) is 40.2 Å². The number of hydrogen-bond acceptors (Lipinski definition) is 5. The van der Waals surface area contributed by atoms with E-state index in [1.165, 1.54) is 0 Å². The van der Waals surface area contributed by atoms with Gasteiger partial charge in [-0.25, -0.2) is 4.67 Å². The van der Waals surface area contributed by atoms with Gasteiger partial charge in [-0.3, -0.25) is 0 Å². The lowest BCUT2D eigenvalue weighted by atomic mass is 9.62. The fraction of sp³-hybridized carbons (Fsp3) is 0.226. The van der Waals surface area contributed by atoms with Gasteiger partial charge in [0.1, 0.15) is 34.5 Å². The van der Waals surface area contributed by atoms with Crippen LogP contribution in [0.5, 0.6) is 34.5 Å². The summed E-state index contributed by atoms with van der Waals surface area (Å²) in [5, 5.41) is 0. The maximum absolute atomic E-state index is 6.89. The number of benzene rings is 4. The van der Waals surface area contributed by atoms with Crippen LogP contribution in [0.1, 0.15) is 49.9 Å². The first-order valence-corrected chi connectivity index (χ1v) is 13.9. The van der Waals surface area contributed by atoms with Crippen molar-refractivity contribution in [1.29, 1.82) is 0 Å². The summed E-state index contributed by atoms with van der Waals surface area (Å²) in [5.41, 5.74) is 3.33. The Hall–Kier alpha value is -3.53. The zero-order valence-corrected chi connectivity index (χ0v) is 22.2. The van der Waals surface area contributed by atoms with Crippen molar-refractivity contribution in [3.8, 4) is 34.5 Å². The van der Waals surface area contributed by atoms with Crippen LogP contribution in [-0.4, -0.2) is 16.8 Å². The first-order valence-electron chi connectivity index (χ1n) is 12.8. The Labute approximate surface area is 218 Å². The molecule has 0 radical (unpaired) electrons. The summed E-state index contributed by atoms with van der Waals surface area (Å²) < 4.78 is 29.2. The minimum Gasteiger partial charge on any atom is -0.457 e. The lowest BCUT2D eigenvalue weighted by molar-refractivity contribution is 0.261. The Morgan fingerprint density at radius 3 is 1.41 bits per heavy atom. The van der Waals surface area contributed by atoms with Gasteiger partial charge in [-0.15, -0.1) is 0 Å². The van der Waals surface area contributed by atoms with E-state index < -0.39 is 13.9 Å². The number of nitrogens with zero attached hydrogens (tertiary/aromatic N) is 1. The number of rotatable bonds is 3. The second-order valence-corrected chi connectivity index (χ2v) is 11.5. The van der Waals surface area contributed by atoms with E-state index in [-0.39, 0.29) is 12.1 Å². The van der Waals surface area contributed by atoms with Gasteiger partial charge in [0.05, 0.1) is 16.5 Å². The second-order valence-electron chi connectivity index (χ2n) is 10.2. The molecule has 3 aliphatic rings. The highest BCUT2D eigenvalue weighted by Gasteiger charge is 2.55. The molecule has 0 amide bonds. The minimum absolute atomic E-state index is 0.225. The summed E-state index contributed by atoms with van der Waals surface area (Å²) in [6.45, 7) is 8.71. The molecule has 37 heavy (non-hydrogen) atoms. The van der Waals surface area contributed by atoms with Gasteiger partial charge in [0, 0.05) is 23.2 Å². The zero-order valence-electron chi connectivity index (χ0n) is 21.3. The molecule has 7 rings (SSSR count). The second kappa shape index (κ2) is 8.24. The molecule has 6 heteroatoms. The molecule has 0 atom stereocenters. The molecule has 0 saturated heterocycles. The summed E-state index contributed by atoms with van der Waals surface area (Å²) in [4.78, 5) is 0. The Kier molecular flexibility index (Phi) is 5.04. The average Bonchev–Trinajstić information content (AvgIpc) is 2.87. The highest BCUT2D eigenvalue weighted by molar-refractivity contribution is 7.45. The smallest absolute Gasteiger partial charge is 0.385 e. The summed E-state index contributed by atoms with van der Waals surface area (Å²) in [7, 11) is -1.47. The van der Waals surface area contributed by atoms with Crippen LogP contribution in [0.2, 0.25) is 0 Å². The monoisotopic (exact) mass is 509 g/mol. The molecule has 0 N–H and O–H groups in total. The third-order valence-corrected chi connectivity index (χ3v) is 9.35. The zero-order chi connectivity index (χ0) is 25.3. The van der Waals surface area contributed by atoms with Crippen molar-refractivity contribution in [1.82, 2.24) is 4.67 Å². The van der Waals surface area contributed by atoms with Crippen molar-refractivity contribution in [3.05, 3.63) is 107 Å². The minimum atomic E-state index is -1.47. The molecule has 0 aromatic heterocycles. The molecule has 5 nitrogen and oxygen atoms in total. The van der Waals surface area contributed by atoms with Crippen molar-refractivity contribution in [3.63, 3.8) is 0 Å². The van der Waals surface area contributed by atoms with Crippen LogP contribution in [0.15, 0.2) is 84.9 Å². The van der Waals surface area contributed by atoms with E-state index in [1.54, 1.807) is 0 Å². The summed E-state index contributed by atoms with van der Waals surface area (Å²) >= 11 is 0. The average molecular weight is 510 g/mol. The van der Waals surface area contributed by atoms with E-state index in [4.69, 9.17) is 18.5 Å². The first kappa shape index (κ1) is 22.7. The van der Waals surface area contributed by atoms with E-state index in [1.807, 2.05) is 60.7 Å². The highest BCUT2D eigenvalue weighted by atomic mass is 31.2. The molecular weight excluding hydrogens is 481 g/mol. The Bertz CT molecular complexity index is 1420. The predicted molar refractivity (Wildman–Crippen MR) is 145 cm³/mol. The van der Waals surface area contributed by atoms with Crippen LogP contribution in [0.3, 0.4) is 0 Å². The molecule has 0 fully saturated rings. The molecule has 0 aliphatic carbocycles. The Balaban J connectivity index is 1.63. The maximum Gasteiger partial charge on any atom is 0.385 e. The van der Waals surface area contributed by atoms with Gasteiger partial charge in [0.15, 0.2) is 0 Å². The van der Waals surface area contributed by atoms with Crippen molar-refractivity contribution in [2.75, 3.05) is 0 Å². The number of fused-ring (bicyclic) bond motifs is 2. The number of para-hydroxylation sites is 2. The van der Waals surface area contributed by atoms with Crippen LogP contribution in [-0.2, 0) is 5.41 Å². The Morgan fingerprint density at radius 2 is 0.946 bits per heavy atom. The van der Waals surface area contributed by atoms with E-state index in [9.17, 15) is 0 Å². The van der Waals surface area contributed by atoms with Crippen LogP contribution in [0, 0.1) is 0 Å². The van der Waals surface area contributed by atoms with Gasteiger partial charge in [-0.1, -0.05) is 48.5 Å². The van der Waals surface area contributed by atoms with Gasteiger partial charge in [-0.2, -0.15) is 0 Å². The van der Waals surface area contributed by atoms with E-state index in [0.717, 1.165) is 56.8 Å². The Morgan fingerprint density at radius 1 is 0.541 bits per heavy atom. The molecule has 0 unspecified atom stereocenters. The maximum atomic E-state index is 6.89. The number of hydrogen-bond donors (Lipinski definition) is 0. The largest absolute Gasteiger partial charge is 0.457 e. The summed E-state index contributed by atoms with van der Waals surface area (Å²) in [6.07, 6.45) is 0. The van der Waals surface area contributed by atoms with Crippen LogP contribution in [0.4, 0.5) is 0 Å². The molecule has 186 valence electrons. The number of ether oxygens (including phenoxy) is 2. The third kappa shape index (κ3) is 3.11. The molecule has 3 heterocycles. The molecule has 3 aliphatic heterocycles.